The minimum absolute atomic E-state index is 0.182. The number of rotatable bonds is 8. The van der Waals surface area contributed by atoms with Crippen molar-refractivity contribution in [2.45, 2.75) is 40.5 Å². The van der Waals surface area contributed by atoms with Crippen LogP contribution in [0.15, 0.2) is 29.4 Å². The Morgan fingerprint density at radius 2 is 1.76 bits per heavy atom. The lowest BCUT2D eigenvalue weighted by atomic mass is 9.99. The van der Waals surface area contributed by atoms with Gasteiger partial charge in [0.2, 0.25) is 5.91 Å². The zero-order chi connectivity index (χ0) is 18.8. The third-order valence-corrected chi connectivity index (χ3v) is 3.45. The second-order valence-corrected chi connectivity index (χ2v) is 5.55. The van der Waals surface area contributed by atoms with Crippen LogP contribution in [0.5, 0.6) is 0 Å². The molecular weight excluding hydrogens is 322 g/mol. The lowest BCUT2D eigenvalue weighted by Crippen LogP contribution is -2.27. The number of anilines is 1. The van der Waals surface area contributed by atoms with Gasteiger partial charge in [0.1, 0.15) is 0 Å². The fourth-order valence-corrected chi connectivity index (χ4v) is 2.22. The van der Waals surface area contributed by atoms with Crippen LogP contribution >= 0.6 is 0 Å². The monoisotopic (exact) mass is 347 g/mol. The van der Waals surface area contributed by atoms with Gasteiger partial charge in [-0.15, -0.1) is 0 Å². The summed E-state index contributed by atoms with van der Waals surface area (Å²) in [5.74, 6) is -1.38. The number of hydrogen-bond donors (Lipinski definition) is 2. The van der Waals surface area contributed by atoms with Gasteiger partial charge in [0.05, 0.1) is 12.5 Å². The predicted molar refractivity (Wildman–Crippen MR) is 96.4 cm³/mol. The molecule has 0 saturated carbocycles. The Morgan fingerprint density at radius 3 is 2.28 bits per heavy atom. The average molecular weight is 347 g/mol. The van der Waals surface area contributed by atoms with Gasteiger partial charge in [-0.1, -0.05) is 13.3 Å². The summed E-state index contributed by atoms with van der Waals surface area (Å²) < 4.78 is 5.05. The first-order valence-electron chi connectivity index (χ1n) is 8.27. The van der Waals surface area contributed by atoms with E-state index >= 15 is 0 Å². The van der Waals surface area contributed by atoms with Crippen molar-refractivity contribution in [2.75, 3.05) is 11.9 Å². The highest BCUT2D eigenvalue weighted by molar-refractivity contribution is 6.02. The molecule has 1 aromatic rings. The van der Waals surface area contributed by atoms with Crippen molar-refractivity contribution in [3.05, 3.63) is 29.8 Å². The van der Waals surface area contributed by atoms with Crippen LogP contribution in [-0.2, 0) is 14.3 Å². The van der Waals surface area contributed by atoms with E-state index in [1.165, 1.54) is 6.92 Å². The summed E-state index contributed by atoms with van der Waals surface area (Å²) in [5, 5.41) is 6.67. The smallest absolute Gasteiger partial charge is 0.314 e. The van der Waals surface area contributed by atoms with Crippen LogP contribution in [0.3, 0.4) is 0 Å². The minimum Gasteiger partial charge on any atom is -0.465 e. The van der Waals surface area contributed by atoms with Crippen LogP contribution in [0, 0.1) is 5.92 Å². The van der Waals surface area contributed by atoms with Crippen LogP contribution in [0.1, 0.15) is 50.9 Å². The van der Waals surface area contributed by atoms with E-state index in [0.29, 0.717) is 30.0 Å². The second kappa shape index (κ2) is 10.2. The highest BCUT2D eigenvalue weighted by atomic mass is 16.5. The number of carbonyl (C=O) groups excluding carboxylic acids is 3. The molecule has 1 atom stereocenters. The fraction of sp³-hybridized carbons (Fsp3) is 0.444. The summed E-state index contributed by atoms with van der Waals surface area (Å²) in [6.45, 7) is 7.12. The van der Waals surface area contributed by atoms with Crippen molar-refractivity contribution in [3.63, 3.8) is 0 Å². The highest BCUT2D eigenvalue weighted by Gasteiger charge is 2.22. The first-order valence-corrected chi connectivity index (χ1v) is 8.27. The van der Waals surface area contributed by atoms with E-state index in [4.69, 9.17) is 4.74 Å². The van der Waals surface area contributed by atoms with Gasteiger partial charge in [-0.05, 0) is 44.5 Å². The Labute approximate surface area is 147 Å². The van der Waals surface area contributed by atoms with Crippen LogP contribution in [0.4, 0.5) is 5.69 Å². The van der Waals surface area contributed by atoms with Gasteiger partial charge in [0.15, 0.2) is 0 Å². The summed E-state index contributed by atoms with van der Waals surface area (Å²) in [5.41, 5.74) is 3.95. The van der Waals surface area contributed by atoms with E-state index in [-0.39, 0.29) is 11.9 Å². The molecule has 25 heavy (non-hydrogen) atoms. The maximum absolute atomic E-state index is 12.1. The molecule has 7 nitrogen and oxygen atoms in total. The van der Waals surface area contributed by atoms with Gasteiger partial charge < -0.3 is 10.1 Å². The molecule has 136 valence electrons. The van der Waals surface area contributed by atoms with Gasteiger partial charge >= 0.3 is 5.97 Å². The van der Waals surface area contributed by atoms with Crippen molar-refractivity contribution < 1.29 is 19.1 Å². The van der Waals surface area contributed by atoms with Crippen LogP contribution in [0.25, 0.3) is 0 Å². The summed E-state index contributed by atoms with van der Waals surface area (Å²) in [6.07, 6.45) is 1.41. The van der Waals surface area contributed by atoms with Gasteiger partial charge in [0, 0.05) is 23.9 Å². The van der Waals surface area contributed by atoms with Crippen LogP contribution in [-0.4, -0.2) is 30.1 Å². The number of benzene rings is 1. The highest BCUT2D eigenvalue weighted by Crippen LogP contribution is 2.12. The second-order valence-electron chi connectivity index (χ2n) is 5.55. The number of hydrogen-bond acceptors (Lipinski definition) is 5. The molecule has 1 rings (SSSR count). The number of amides is 2. The van der Waals surface area contributed by atoms with Crippen LogP contribution in [0.2, 0.25) is 0 Å². The first kappa shape index (κ1) is 20.3. The molecule has 2 amide bonds. The molecule has 0 spiro atoms. The maximum atomic E-state index is 12.1. The van der Waals surface area contributed by atoms with E-state index in [0.717, 1.165) is 6.42 Å². The molecule has 2 N–H and O–H groups in total. The summed E-state index contributed by atoms with van der Waals surface area (Å²) >= 11 is 0. The average Bonchev–Trinajstić information content (AvgIpc) is 2.57. The van der Waals surface area contributed by atoms with Gasteiger partial charge in [-0.2, -0.15) is 5.10 Å². The number of esters is 1. The maximum Gasteiger partial charge on any atom is 0.314 e. The lowest BCUT2D eigenvalue weighted by molar-refractivity contribution is -0.145. The molecule has 0 aliphatic heterocycles. The van der Waals surface area contributed by atoms with E-state index in [1.807, 2.05) is 6.92 Å². The molecule has 0 heterocycles. The predicted octanol–water partition coefficient (Wildman–Crippen LogP) is 2.73. The number of nitrogens with one attached hydrogen (secondary N) is 2. The Hall–Kier alpha value is -2.70. The molecule has 1 unspecified atom stereocenters. The van der Waals surface area contributed by atoms with Gasteiger partial charge in [0.25, 0.3) is 5.91 Å². The molecular formula is C18H25N3O4. The summed E-state index contributed by atoms with van der Waals surface area (Å²) in [6, 6.07) is 6.43. The van der Waals surface area contributed by atoms with Crippen molar-refractivity contribution in [1.29, 1.82) is 0 Å². The summed E-state index contributed by atoms with van der Waals surface area (Å²) in [7, 11) is 0. The number of carbonyl (C=O) groups is 3. The lowest BCUT2D eigenvalue weighted by Gasteiger charge is -2.14. The first-order chi connectivity index (χ1) is 11.9. The largest absolute Gasteiger partial charge is 0.465 e. The molecule has 0 radical (unpaired) electrons. The Bertz CT molecular complexity index is 638. The van der Waals surface area contributed by atoms with Crippen molar-refractivity contribution in [1.82, 2.24) is 5.43 Å². The molecule has 1 aromatic carbocycles. The molecule has 0 aliphatic carbocycles. The number of hydrazone groups is 1. The standard InChI is InChI=1S/C18H25N3O4/c1-5-7-16(18(24)25-6-2)12(3)20-21-17(23)14-8-10-15(11-9-14)19-13(4)22/h8-11,16H,5-7H2,1-4H3,(H,19,22)(H,21,23)/b20-12+. The molecule has 0 saturated heterocycles. The normalized spacial score (nSPS) is 12.2. The topological polar surface area (TPSA) is 96.9 Å². The SMILES string of the molecule is CCCC(C(=O)OCC)/C(C)=N/NC(=O)c1ccc(NC(C)=O)cc1. The molecule has 0 aliphatic rings. The molecule has 0 bridgehead atoms. The van der Waals surface area contributed by atoms with Crippen LogP contribution < -0.4 is 10.7 Å². The van der Waals surface area contributed by atoms with E-state index < -0.39 is 11.8 Å². The summed E-state index contributed by atoms with van der Waals surface area (Å²) in [4.78, 5) is 35.1. The van der Waals surface area contributed by atoms with Gasteiger partial charge in [-0.25, -0.2) is 5.43 Å². The molecule has 0 aromatic heterocycles. The molecule has 7 heteroatoms. The Kier molecular flexibility index (Phi) is 8.32. The third-order valence-electron chi connectivity index (χ3n) is 3.45. The Balaban J connectivity index is 2.75. The van der Waals surface area contributed by atoms with Crippen molar-refractivity contribution in [3.8, 4) is 0 Å². The quantitative estimate of drug-likeness (QED) is 0.429. The Morgan fingerprint density at radius 1 is 1.12 bits per heavy atom. The molecule has 0 fully saturated rings. The fourth-order valence-electron chi connectivity index (χ4n) is 2.22. The third kappa shape index (κ3) is 6.74. The van der Waals surface area contributed by atoms with E-state index in [1.54, 1.807) is 38.1 Å². The van der Waals surface area contributed by atoms with Crippen molar-refractivity contribution >= 4 is 29.2 Å². The van der Waals surface area contributed by atoms with E-state index in [9.17, 15) is 14.4 Å². The number of nitrogens with zero attached hydrogens (tertiary/aromatic N) is 1. The van der Waals surface area contributed by atoms with E-state index in [2.05, 4.69) is 15.8 Å². The number of ether oxygens (including phenoxy) is 1. The van der Waals surface area contributed by atoms with Gasteiger partial charge in [-0.3, -0.25) is 14.4 Å². The van der Waals surface area contributed by atoms with Crippen molar-refractivity contribution in [2.24, 2.45) is 11.0 Å². The zero-order valence-corrected chi connectivity index (χ0v) is 15.1. The minimum atomic E-state index is -0.465. The zero-order valence-electron chi connectivity index (χ0n) is 15.1.